The first-order valence-corrected chi connectivity index (χ1v) is 7.61. The fourth-order valence-electron chi connectivity index (χ4n) is 2.45. The molecule has 21 heavy (non-hydrogen) atoms. The third-order valence-corrected chi connectivity index (χ3v) is 4.18. The normalized spacial score (nSPS) is 18.2. The average Bonchev–Trinajstić information content (AvgIpc) is 2.94. The molecule has 1 atom stereocenters. The number of ether oxygens (including phenoxy) is 2. The number of rotatable bonds is 6. The molecule has 1 aliphatic heterocycles. The molecule has 2 rings (SSSR count). The van der Waals surface area contributed by atoms with Crippen LogP contribution >= 0.6 is 11.6 Å². The maximum absolute atomic E-state index is 12.4. The van der Waals surface area contributed by atoms with Crippen molar-refractivity contribution < 1.29 is 14.3 Å². The van der Waals surface area contributed by atoms with Crippen molar-refractivity contribution in [1.29, 1.82) is 0 Å². The number of hydrogen-bond donors (Lipinski definition) is 0. The second-order valence-electron chi connectivity index (χ2n) is 5.44. The summed E-state index contributed by atoms with van der Waals surface area (Å²) in [5, 5.41) is 0.638. The smallest absolute Gasteiger partial charge is 0.253 e. The minimum absolute atomic E-state index is 0.0521. The van der Waals surface area contributed by atoms with Crippen molar-refractivity contribution in [2.24, 2.45) is 5.92 Å². The van der Waals surface area contributed by atoms with Crippen molar-refractivity contribution in [3.05, 3.63) is 34.3 Å². The molecule has 0 spiro atoms. The second kappa shape index (κ2) is 7.78. The topological polar surface area (TPSA) is 38.8 Å². The van der Waals surface area contributed by atoms with Crippen molar-refractivity contribution >= 4 is 17.5 Å². The number of aryl methyl sites for hydroxylation is 1. The van der Waals surface area contributed by atoms with Gasteiger partial charge in [0.15, 0.2) is 0 Å². The van der Waals surface area contributed by atoms with Crippen LogP contribution in [0.4, 0.5) is 0 Å². The molecule has 5 heteroatoms. The molecular weight excluding hydrogens is 290 g/mol. The van der Waals surface area contributed by atoms with E-state index in [9.17, 15) is 4.79 Å². The van der Waals surface area contributed by atoms with E-state index in [0.29, 0.717) is 36.3 Å². The summed E-state index contributed by atoms with van der Waals surface area (Å²) in [4.78, 5) is 14.3. The lowest BCUT2D eigenvalue weighted by molar-refractivity contribution is 0.0515. The first-order chi connectivity index (χ1) is 10.1. The molecule has 1 aromatic carbocycles. The van der Waals surface area contributed by atoms with E-state index in [0.717, 1.165) is 25.1 Å². The highest BCUT2D eigenvalue weighted by atomic mass is 35.5. The molecule has 116 valence electrons. The van der Waals surface area contributed by atoms with Gasteiger partial charge in [0.2, 0.25) is 0 Å². The van der Waals surface area contributed by atoms with E-state index in [1.54, 1.807) is 13.2 Å². The Morgan fingerprint density at radius 3 is 2.95 bits per heavy atom. The molecule has 1 heterocycles. The van der Waals surface area contributed by atoms with Crippen molar-refractivity contribution in [2.45, 2.75) is 13.3 Å². The standard InChI is InChI=1S/C16H22ClNO3/c1-12-3-4-14(9-15(12)17)16(19)18-6-5-13(10-18)11-21-8-7-20-2/h3-4,9,13H,5-8,10-11H2,1-2H3/t13-/m0/s1. The van der Waals surface area contributed by atoms with Gasteiger partial charge in [-0.15, -0.1) is 0 Å². The lowest BCUT2D eigenvalue weighted by atomic mass is 10.1. The van der Waals surface area contributed by atoms with E-state index < -0.39 is 0 Å². The number of amides is 1. The molecular formula is C16H22ClNO3. The third kappa shape index (κ3) is 4.43. The van der Waals surface area contributed by atoms with Crippen LogP contribution in [0.3, 0.4) is 0 Å². The first kappa shape index (κ1) is 16.3. The minimum Gasteiger partial charge on any atom is -0.382 e. The number of benzene rings is 1. The Balaban J connectivity index is 1.85. The summed E-state index contributed by atoms with van der Waals surface area (Å²) < 4.78 is 10.5. The van der Waals surface area contributed by atoms with Crippen molar-refractivity contribution in [2.75, 3.05) is 40.0 Å². The van der Waals surface area contributed by atoms with E-state index in [-0.39, 0.29) is 5.91 Å². The molecule has 1 aromatic rings. The van der Waals surface area contributed by atoms with Crippen molar-refractivity contribution in [1.82, 2.24) is 4.90 Å². The molecule has 1 amide bonds. The largest absolute Gasteiger partial charge is 0.382 e. The number of halogens is 1. The predicted octanol–water partition coefficient (Wildman–Crippen LogP) is 2.77. The Morgan fingerprint density at radius 1 is 1.43 bits per heavy atom. The lowest BCUT2D eigenvalue weighted by Gasteiger charge is -2.17. The number of carbonyl (C=O) groups excluding carboxylic acids is 1. The van der Waals surface area contributed by atoms with Crippen LogP contribution in [-0.2, 0) is 9.47 Å². The lowest BCUT2D eigenvalue weighted by Crippen LogP contribution is -2.29. The SMILES string of the molecule is COCCOC[C@H]1CCN(C(=O)c2ccc(C)c(Cl)c2)C1. The monoisotopic (exact) mass is 311 g/mol. The van der Waals surface area contributed by atoms with E-state index in [2.05, 4.69) is 0 Å². The van der Waals surface area contributed by atoms with Crippen LogP contribution in [0, 0.1) is 12.8 Å². The molecule has 0 bridgehead atoms. The summed E-state index contributed by atoms with van der Waals surface area (Å²) in [5.41, 5.74) is 1.64. The van der Waals surface area contributed by atoms with Crippen LogP contribution in [0.25, 0.3) is 0 Å². The summed E-state index contributed by atoms with van der Waals surface area (Å²) in [6.45, 7) is 5.35. The molecule has 0 radical (unpaired) electrons. The van der Waals surface area contributed by atoms with Gasteiger partial charge in [-0.1, -0.05) is 17.7 Å². The summed E-state index contributed by atoms with van der Waals surface area (Å²) in [5.74, 6) is 0.461. The summed E-state index contributed by atoms with van der Waals surface area (Å²) in [6.07, 6.45) is 0.984. The highest BCUT2D eigenvalue weighted by Crippen LogP contribution is 2.22. The van der Waals surface area contributed by atoms with Crippen LogP contribution in [-0.4, -0.2) is 50.8 Å². The Hall–Kier alpha value is -1.10. The van der Waals surface area contributed by atoms with Gasteiger partial charge in [0, 0.05) is 36.7 Å². The maximum atomic E-state index is 12.4. The molecule has 0 saturated carbocycles. The number of methoxy groups -OCH3 is 1. The van der Waals surface area contributed by atoms with Crippen LogP contribution in [0.15, 0.2) is 18.2 Å². The van der Waals surface area contributed by atoms with Crippen LogP contribution < -0.4 is 0 Å². The van der Waals surface area contributed by atoms with Gasteiger partial charge in [-0.05, 0) is 31.0 Å². The van der Waals surface area contributed by atoms with Gasteiger partial charge in [0.25, 0.3) is 5.91 Å². The number of hydrogen-bond acceptors (Lipinski definition) is 3. The fraction of sp³-hybridized carbons (Fsp3) is 0.562. The molecule has 0 aromatic heterocycles. The highest BCUT2D eigenvalue weighted by Gasteiger charge is 2.27. The van der Waals surface area contributed by atoms with E-state index in [1.807, 2.05) is 24.0 Å². The van der Waals surface area contributed by atoms with Crippen LogP contribution in [0.2, 0.25) is 5.02 Å². The molecule has 0 unspecified atom stereocenters. The minimum atomic E-state index is 0.0521. The van der Waals surface area contributed by atoms with E-state index >= 15 is 0 Å². The molecule has 1 fully saturated rings. The predicted molar refractivity (Wildman–Crippen MR) is 82.9 cm³/mol. The van der Waals surface area contributed by atoms with Gasteiger partial charge in [-0.25, -0.2) is 0 Å². The van der Waals surface area contributed by atoms with Gasteiger partial charge < -0.3 is 14.4 Å². The fourth-order valence-corrected chi connectivity index (χ4v) is 2.63. The molecule has 1 aliphatic rings. The molecule has 0 N–H and O–H groups in total. The van der Waals surface area contributed by atoms with E-state index in [4.69, 9.17) is 21.1 Å². The molecule has 1 saturated heterocycles. The molecule has 0 aliphatic carbocycles. The summed E-state index contributed by atoms with van der Waals surface area (Å²) in [6, 6.07) is 5.48. The van der Waals surface area contributed by atoms with Crippen molar-refractivity contribution in [3.63, 3.8) is 0 Å². The quantitative estimate of drug-likeness (QED) is 0.758. The maximum Gasteiger partial charge on any atom is 0.253 e. The van der Waals surface area contributed by atoms with Gasteiger partial charge in [-0.2, -0.15) is 0 Å². The summed E-state index contributed by atoms with van der Waals surface area (Å²) >= 11 is 6.09. The number of carbonyl (C=O) groups is 1. The Bertz CT molecular complexity index is 492. The summed E-state index contributed by atoms with van der Waals surface area (Å²) in [7, 11) is 1.66. The number of likely N-dealkylation sites (tertiary alicyclic amines) is 1. The van der Waals surface area contributed by atoms with Crippen LogP contribution in [0.1, 0.15) is 22.3 Å². The average molecular weight is 312 g/mol. The van der Waals surface area contributed by atoms with Gasteiger partial charge in [-0.3, -0.25) is 4.79 Å². The Morgan fingerprint density at radius 2 is 2.24 bits per heavy atom. The first-order valence-electron chi connectivity index (χ1n) is 7.24. The Kier molecular flexibility index (Phi) is 6.03. The van der Waals surface area contributed by atoms with Gasteiger partial charge in [0.05, 0.1) is 19.8 Å². The highest BCUT2D eigenvalue weighted by molar-refractivity contribution is 6.31. The third-order valence-electron chi connectivity index (χ3n) is 3.78. The molecule has 4 nitrogen and oxygen atoms in total. The van der Waals surface area contributed by atoms with Crippen molar-refractivity contribution in [3.8, 4) is 0 Å². The van der Waals surface area contributed by atoms with Crippen LogP contribution in [0.5, 0.6) is 0 Å². The zero-order valence-electron chi connectivity index (χ0n) is 12.6. The Labute approximate surface area is 131 Å². The van der Waals surface area contributed by atoms with Gasteiger partial charge in [0.1, 0.15) is 0 Å². The second-order valence-corrected chi connectivity index (χ2v) is 5.84. The van der Waals surface area contributed by atoms with E-state index in [1.165, 1.54) is 0 Å². The van der Waals surface area contributed by atoms with Gasteiger partial charge >= 0.3 is 0 Å². The zero-order chi connectivity index (χ0) is 15.2. The zero-order valence-corrected chi connectivity index (χ0v) is 13.4. The number of nitrogens with zero attached hydrogens (tertiary/aromatic N) is 1.